The second kappa shape index (κ2) is 15.1. The van der Waals surface area contributed by atoms with Gasteiger partial charge in [0.25, 0.3) is 11.8 Å². The van der Waals surface area contributed by atoms with Crippen molar-refractivity contribution >= 4 is 27.4 Å². The molecule has 0 saturated heterocycles. The predicted molar refractivity (Wildman–Crippen MR) is 216 cm³/mol. The number of hydrogen-bond acceptors (Lipinski definition) is 8. The molecule has 2 bridgehead atoms. The maximum absolute atomic E-state index is 15.1. The molecule has 56 heavy (non-hydrogen) atoms. The summed E-state index contributed by atoms with van der Waals surface area (Å²) in [5.41, 5.74) is 5.35. The monoisotopic (exact) mass is 784 g/mol. The minimum absolute atomic E-state index is 0.103. The topological polar surface area (TPSA) is 132 Å². The van der Waals surface area contributed by atoms with Crippen molar-refractivity contribution in [3.63, 3.8) is 0 Å². The summed E-state index contributed by atoms with van der Waals surface area (Å²) in [7, 11) is -2.05. The molecule has 2 unspecified atom stereocenters. The normalized spacial score (nSPS) is 33.4. The first-order valence-corrected chi connectivity index (χ1v) is 21.8. The first-order chi connectivity index (χ1) is 26.8. The Hall–Kier alpha value is -3.97. The highest BCUT2D eigenvalue weighted by Crippen LogP contribution is 2.46. The molecule has 3 aromatic rings. The highest BCUT2D eigenvalue weighted by Gasteiger charge is 2.44. The molecule has 1 saturated carbocycles. The van der Waals surface area contributed by atoms with Crippen LogP contribution in [-0.4, -0.2) is 76.1 Å². The van der Waals surface area contributed by atoms with E-state index in [0.29, 0.717) is 57.2 Å². The first-order valence-electron chi connectivity index (χ1n) is 20.2. The number of aromatic nitrogens is 1. The number of carbonyl (C=O) groups is 2. The number of carbonyl (C=O) groups excluding carboxylic acids is 2. The van der Waals surface area contributed by atoms with Gasteiger partial charge in [0.05, 0.1) is 49.0 Å². The van der Waals surface area contributed by atoms with E-state index in [2.05, 4.69) is 39.1 Å². The molecule has 300 valence electrons. The van der Waals surface area contributed by atoms with Crippen LogP contribution in [0, 0.1) is 24.7 Å². The molecule has 4 heterocycles. The third kappa shape index (κ3) is 7.34. The zero-order chi connectivity index (χ0) is 39.4. The molecule has 2 amide bonds. The van der Waals surface area contributed by atoms with Gasteiger partial charge < -0.3 is 28.8 Å². The summed E-state index contributed by atoms with van der Waals surface area (Å²) < 4.78 is 42.3. The van der Waals surface area contributed by atoms with Gasteiger partial charge in [-0.05, 0) is 112 Å². The van der Waals surface area contributed by atoms with E-state index in [4.69, 9.17) is 14.2 Å². The number of benzene rings is 2. The van der Waals surface area contributed by atoms with Crippen LogP contribution in [0.25, 0.3) is 0 Å². The number of nitrogens with zero attached hydrogens (tertiary/aromatic N) is 3. The summed E-state index contributed by atoms with van der Waals surface area (Å²) in [6.07, 6.45) is 10.5. The van der Waals surface area contributed by atoms with Gasteiger partial charge in [0.2, 0.25) is 0 Å². The standard InChI is InChI=1S/C44H56N4O7S/c1-28-11-15-37-31(18-28)9-7-17-44(37)25-48-21-33-12-14-36(33)39(49)10-6-8-29(2)30(3)56(52,45-41(50)32-13-16-40(54-27-44)38(48)20-32)46-42(51)34-19-35-23-55-43(4,26-53-5)24-47(35)22-34/h6,10-11,13,15-16,18-20,22,29-30,33,36,39,49H,7-9,12,14,17,21,23-27H2,1-5H3,(H,45,46,50,51,52)/b10-6+/t29-,30+,33-,36+,39-,43?,44-,56?/m0/s1. The smallest absolute Gasteiger partial charge is 0.286 e. The number of ether oxygens (including phenoxy) is 3. The van der Waals surface area contributed by atoms with Crippen LogP contribution in [0.1, 0.15) is 96.0 Å². The van der Waals surface area contributed by atoms with Crippen LogP contribution < -0.4 is 14.4 Å². The summed E-state index contributed by atoms with van der Waals surface area (Å²) in [4.78, 5) is 30.6. The van der Waals surface area contributed by atoms with Crippen LogP contribution in [0.15, 0.2) is 65.2 Å². The van der Waals surface area contributed by atoms with E-state index in [9.17, 15) is 14.7 Å². The summed E-state index contributed by atoms with van der Waals surface area (Å²) in [6.45, 7) is 10.9. The predicted octanol–water partition coefficient (Wildman–Crippen LogP) is 6.53. The molecule has 1 spiro atoms. The Morgan fingerprint density at radius 3 is 2.77 bits per heavy atom. The minimum Gasteiger partial charge on any atom is -0.490 e. The van der Waals surface area contributed by atoms with Crippen LogP contribution >= 0.6 is 0 Å². The average Bonchev–Trinajstić information content (AvgIpc) is 3.50. The van der Waals surface area contributed by atoms with E-state index in [1.807, 2.05) is 42.7 Å². The number of hydrogen-bond donors (Lipinski definition) is 2. The van der Waals surface area contributed by atoms with E-state index < -0.39 is 38.7 Å². The first kappa shape index (κ1) is 38.9. The van der Waals surface area contributed by atoms with Crippen molar-refractivity contribution < 1.29 is 33.1 Å². The Bertz CT molecular complexity index is 2170. The van der Waals surface area contributed by atoms with Gasteiger partial charge in [-0.25, -0.2) is 4.21 Å². The molecule has 1 fully saturated rings. The Morgan fingerprint density at radius 1 is 1.14 bits per heavy atom. The van der Waals surface area contributed by atoms with Gasteiger partial charge in [-0.3, -0.25) is 14.3 Å². The molecular formula is C44H56N4O7S. The van der Waals surface area contributed by atoms with Gasteiger partial charge >= 0.3 is 0 Å². The van der Waals surface area contributed by atoms with Crippen LogP contribution in [0.3, 0.4) is 0 Å². The van der Waals surface area contributed by atoms with Crippen LogP contribution in [-0.2, 0) is 44.4 Å². The number of nitrogens with one attached hydrogen (secondary N) is 1. The number of aliphatic hydroxyl groups excluding tert-OH is 1. The van der Waals surface area contributed by atoms with Crippen LogP contribution in [0.2, 0.25) is 0 Å². The molecule has 5 aliphatic rings. The quantitative estimate of drug-likeness (QED) is 0.286. The van der Waals surface area contributed by atoms with Crippen LogP contribution in [0.5, 0.6) is 5.75 Å². The van der Waals surface area contributed by atoms with Crippen molar-refractivity contribution in [3.05, 3.63) is 94.3 Å². The van der Waals surface area contributed by atoms with Crippen molar-refractivity contribution in [3.8, 4) is 5.75 Å². The highest BCUT2D eigenvalue weighted by atomic mass is 32.2. The zero-order valence-electron chi connectivity index (χ0n) is 33.3. The zero-order valence-corrected chi connectivity index (χ0v) is 34.1. The number of aliphatic hydroxyl groups is 1. The third-order valence-corrected chi connectivity index (χ3v) is 15.6. The SMILES string of the molecule is COCC1(C)Cn2cc(C(=O)NS3(=O)=NC(=O)c4ccc5c(c4)N(C[C@@H]4CC[C@H]4[C@@H](O)/C=C/C[C@H](C)[C@H]3C)C[C@@]3(CCCc4cc(C)ccc43)CO5)cc2CO1. The number of anilines is 1. The lowest BCUT2D eigenvalue weighted by molar-refractivity contribution is -0.112. The van der Waals surface area contributed by atoms with E-state index in [0.717, 1.165) is 43.5 Å². The van der Waals surface area contributed by atoms with E-state index in [-0.39, 0.29) is 28.7 Å². The van der Waals surface area contributed by atoms with Crippen molar-refractivity contribution in [2.45, 2.75) is 102 Å². The molecule has 2 aromatic carbocycles. The Balaban J connectivity index is 1.17. The Labute approximate surface area is 331 Å². The second-order valence-electron chi connectivity index (χ2n) is 17.4. The van der Waals surface area contributed by atoms with Crippen molar-refractivity contribution in [1.29, 1.82) is 0 Å². The third-order valence-electron chi connectivity index (χ3n) is 13.2. The number of allylic oxidation sites excluding steroid dienone is 1. The molecule has 2 aliphatic carbocycles. The fourth-order valence-electron chi connectivity index (χ4n) is 9.60. The fraction of sp³-hybridized carbons (Fsp3) is 0.545. The Morgan fingerprint density at radius 2 is 1.98 bits per heavy atom. The van der Waals surface area contributed by atoms with Gasteiger partial charge in [-0.2, -0.15) is 0 Å². The van der Waals surface area contributed by atoms with Gasteiger partial charge in [-0.15, -0.1) is 4.36 Å². The number of aryl methyl sites for hydroxylation is 2. The molecule has 11 nitrogen and oxygen atoms in total. The van der Waals surface area contributed by atoms with E-state index in [1.54, 1.807) is 32.4 Å². The molecule has 0 radical (unpaired) electrons. The fourth-order valence-corrected chi connectivity index (χ4v) is 11.5. The van der Waals surface area contributed by atoms with Gasteiger partial charge in [0.15, 0.2) is 0 Å². The van der Waals surface area contributed by atoms with Gasteiger partial charge in [0.1, 0.15) is 21.3 Å². The summed E-state index contributed by atoms with van der Waals surface area (Å²) in [5.74, 6) is -0.421. The van der Waals surface area contributed by atoms with Crippen LogP contribution in [0.4, 0.5) is 5.69 Å². The Kier molecular flexibility index (Phi) is 10.5. The average molecular weight is 785 g/mol. The lowest BCUT2D eigenvalue weighted by Crippen LogP contribution is -2.49. The number of fused-ring (bicyclic) bond motifs is 5. The summed E-state index contributed by atoms with van der Waals surface area (Å²) in [6, 6.07) is 13.8. The summed E-state index contributed by atoms with van der Waals surface area (Å²) in [5, 5.41) is 10.8. The molecule has 8 atom stereocenters. The van der Waals surface area contributed by atoms with Crippen molar-refractivity contribution in [2.24, 2.45) is 22.1 Å². The lowest BCUT2D eigenvalue weighted by Gasteiger charge is -2.45. The van der Waals surface area contributed by atoms with Crippen molar-refractivity contribution in [2.75, 3.05) is 38.3 Å². The van der Waals surface area contributed by atoms with Gasteiger partial charge in [-0.1, -0.05) is 42.8 Å². The number of amides is 2. The lowest BCUT2D eigenvalue weighted by atomic mass is 9.68. The molecule has 12 heteroatoms. The maximum atomic E-state index is 15.1. The van der Waals surface area contributed by atoms with Crippen molar-refractivity contribution in [1.82, 2.24) is 9.29 Å². The highest BCUT2D eigenvalue weighted by molar-refractivity contribution is 7.93. The minimum atomic E-state index is -3.67. The van der Waals surface area contributed by atoms with Gasteiger partial charge in [0, 0.05) is 43.1 Å². The largest absolute Gasteiger partial charge is 0.490 e. The number of methoxy groups -OCH3 is 1. The molecule has 3 aliphatic heterocycles. The van der Waals surface area contributed by atoms with E-state index >= 15 is 4.21 Å². The maximum Gasteiger partial charge on any atom is 0.286 e. The molecule has 1 aromatic heterocycles. The molecule has 2 N–H and O–H groups in total. The number of rotatable bonds is 4. The second-order valence-corrected chi connectivity index (χ2v) is 19.7. The van der Waals surface area contributed by atoms with E-state index in [1.165, 1.54) is 16.7 Å². The molecule has 8 rings (SSSR count). The molecular weight excluding hydrogens is 729 g/mol. The summed E-state index contributed by atoms with van der Waals surface area (Å²) >= 11 is 0.